The van der Waals surface area contributed by atoms with E-state index in [-0.39, 0.29) is 18.4 Å². The van der Waals surface area contributed by atoms with Crippen LogP contribution < -0.4 is 20.1 Å². The molecule has 1 atom stereocenters. The van der Waals surface area contributed by atoms with Crippen LogP contribution in [-0.4, -0.2) is 43.8 Å². The Balaban J connectivity index is 2.66. The number of carbonyl (C=O) groups excluding carboxylic acids is 1. The minimum absolute atomic E-state index is 0.163. The molecule has 0 saturated carbocycles. The lowest BCUT2D eigenvalue weighted by molar-refractivity contribution is -0.149. The van der Waals surface area contributed by atoms with Crippen LogP contribution in [0.15, 0.2) is 18.2 Å². The molecule has 0 aliphatic heterocycles. The van der Waals surface area contributed by atoms with Crippen LogP contribution in [0.1, 0.15) is 40.0 Å². The van der Waals surface area contributed by atoms with Gasteiger partial charge in [0.2, 0.25) is 5.91 Å². The number of methoxy groups -OCH3 is 2. The van der Waals surface area contributed by atoms with Gasteiger partial charge in [0, 0.05) is 25.1 Å². The van der Waals surface area contributed by atoms with Gasteiger partial charge in [-0.25, -0.2) is 0 Å². The second-order valence-electron chi connectivity index (χ2n) is 6.39. The van der Waals surface area contributed by atoms with E-state index in [9.17, 15) is 14.7 Å². The van der Waals surface area contributed by atoms with Crippen LogP contribution in [0.5, 0.6) is 11.5 Å². The van der Waals surface area contributed by atoms with Gasteiger partial charge in [-0.3, -0.25) is 9.59 Å². The van der Waals surface area contributed by atoms with E-state index in [4.69, 9.17) is 9.47 Å². The third-order valence-corrected chi connectivity index (χ3v) is 4.77. The van der Waals surface area contributed by atoms with Gasteiger partial charge in [0.25, 0.3) is 0 Å². The zero-order chi connectivity index (χ0) is 19.7. The van der Waals surface area contributed by atoms with Crippen LogP contribution in [0.3, 0.4) is 0 Å². The van der Waals surface area contributed by atoms with Crippen LogP contribution in [0.4, 0.5) is 5.69 Å². The van der Waals surface area contributed by atoms with Crippen molar-refractivity contribution >= 4 is 17.6 Å². The highest BCUT2D eigenvalue weighted by Crippen LogP contribution is 2.29. The molecule has 0 radical (unpaired) electrons. The number of benzene rings is 1. The summed E-state index contributed by atoms with van der Waals surface area (Å²) in [6.07, 6.45) is 1.28. The highest BCUT2D eigenvalue weighted by molar-refractivity contribution is 5.92. The Morgan fingerprint density at radius 2 is 1.85 bits per heavy atom. The van der Waals surface area contributed by atoms with Gasteiger partial charge < -0.3 is 25.2 Å². The van der Waals surface area contributed by atoms with Crippen molar-refractivity contribution < 1.29 is 24.2 Å². The number of nitrogens with one attached hydrogen (secondary N) is 2. The Morgan fingerprint density at radius 3 is 2.35 bits per heavy atom. The molecule has 0 aromatic heterocycles. The molecule has 0 spiro atoms. The van der Waals surface area contributed by atoms with E-state index in [0.717, 1.165) is 0 Å². The molecule has 0 aliphatic carbocycles. The molecule has 1 unspecified atom stereocenters. The topological polar surface area (TPSA) is 96.9 Å². The maximum atomic E-state index is 12.3. The summed E-state index contributed by atoms with van der Waals surface area (Å²) in [7, 11) is 3.08. The van der Waals surface area contributed by atoms with Crippen molar-refractivity contribution in [1.29, 1.82) is 0 Å². The Kier molecular flexibility index (Phi) is 8.38. The zero-order valence-electron chi connectivity index (χ0n) is 16.2. The highest BCUT2D eigenvalue weighted by Gasteiger charge is 2.34. The second kappa shape index (κ2) is 10.0. The first-order chi connectivity index (χ1) is 12.3. The number of carboxylic acids is 1. The molecular formula is C19H30N2O5. The lowest BCUT2D eigenvalue weighted by atomic mass is 9.82. The van der Waals surface area contributed by atoms with Crippen LogP contribution in [-0.2, 0) is 9.59 Å². The summed E-state index contributed by atoms with van der Waals surface area (Å²) >= 11 is 0. The van der Waals surface area contributed by atoms with Gasteiger partial charge in [-0.15, -0.1) is 0 Å². The van der Waals surface area contributed by atoms with Gasteiger partial charge in [-0.1, -0.05) is 13.8 Å². The summed E-state index contributed by atoms with van der Waals surface area (Å²) in [5.41, 5.74) is -0.271. The normalized spacial score (nSPS) is 12.3. The first-order valence-electron chi connectivity index (χ1n) is 8.80. The minimum atomic E-state index is -0.812. The molecule has 0 saturated heterocycles. The van der Waals surface area contributed by atoms with Crippen LogP contribution >= 0.6 is 0 Å². The first-order valence-corrected chi connectivity index (χ1v) is 8.80. The summed E-state index contributed by atoms with van der Waals surface area (Å²) in [4.78, 5) is 23.9. The molecule has 1 aromatic rings. The van der Waals surface area contributed by atoms with Gasteiger partial charge in [-0.05, 0) is 31.9 Å². The fourth-order valence-corrected chi connectivity index (χ4v) is 2.71. The Labute approximate surface area is 155 Å². The van der Waals surface area contributed by atoms with E-state index in [2.05, 4.69) is 10.6 Å². The number of hydrogen-bond donors (Lipinski definition) is 3. The molecule has 0 bridgehead atoms. The lowest BCUT2D eigenvalue weighted by Crippen LogP contribution is -2.44. The predicted molar refractivity (Wildman–Crippen MR) is 101 cm³/mol. The summed E-state index contributed by atoms with van der Waals surface area (Å²) in [5, 5.41) is 15.5. The second-order valence-corrected chi connectivity index (χ2v) is 6.39. The van der Waals surface area contributed by atoms with E-state index in [0.29, 0.717) is 36.6 Å². The fourth-order valence-electron chi connectivity index (χ4n) is 2.71. The molecule has 146 valence electrons. The molecule has 3 N–H and O–H groups in total. The van der Waals surface area contributed by atoms with Crippen molar-refractivity contribution in [2.45, 2.75) is 46.1 Å². The van der Waals surface area contributed by atoms with Crippen molar-refractivity contribution in [2.75, 3.05) is 26.1 Å². The number of carbonyl (C=O) groups is 2. The molecule has 0 aliphatic rings. The number of ether oxygens (including phenoxy) is 2. The average Bonchev–Trinajstić information content (AvgIpc) is 2.62. The lowest BCUT2D eigenvalue weighted by Gasteiger charge is -2.28. The first kappa shape index (κ1) is 21.8. The van der Waals surface area contributed by atoms with Gasteiger partial charge in [0.15, 0.2) is 0 Å². The molecule has 1 amide bonds. The van der Waals surface area contributed by atoms with Crippen molar-refractivity contribution in [3.05, 3.63) is 18.2 Å². The van der Waals surface area contributed by atoms with Crippen molar-refractivity contribution in [3.63, 3.8) is 0 Å². The minimum Gasteiger partial charge on any atom is -0.497 e. The number of rotatable bonds is 11. The monoisotopic (exact) mass is 366 g/mol. The fraction of sp³-hybridized carbons (Fsp3) is 0.579. The summed E-state index contributed by atoms with van der Waals surface area (Å²) < 4.78 is 10.4. The third kappa shape index (κ3) is 5.62. The van der Waals surface area contributed by atoms with Gasteiger partial charge in [-0.2, -0.15) is 0 Å². The smallest absolute Gasteiger partial charge is 0.310 e. The van der Waals surface area contributed by atoms with E-state index in [1.807, 2.05) is 20.8 Å². The van der Waals surface area contributed by atoms with E-state index < -0.39 is 11.4 Å². The van der Waals surface area contributed by atoms with Crippen molar-refractivity contribution in [1.82, 2.24) is 5.32 Å². The molecule has 26 heavy (non-hydrogen) atoms. The number of amides is 1. The number of hydrogen-bond acceptors (Lipinski definition) is 5. The van der Waals surface area contributed by atoms with E-state index in [1.165, 1.54) is 7.11 Å². The summed E-state index contributed by atoms with van der Waals surface area (Å²) in [5.74, 6) is 0.157. The van der Waals surface area contributed by atoms with Gasteiger partial charge in [0.1, 0.15) is 11.5 Å². The molecule has 7 nitrogen and oxygen atoms in total. The quantitative estimate of drug-likeness (QED) is 0.557. The van der Waals surface area contributed by atoms with E-state index >= 15 is 0 Å². The van der Waals surface area contributed by atoms with Crippen molar-refractivity contribution in [3.8, 4) is 11.5 Å². The van der Waals surface area contributed by atoms with Crippen LogP contribution in [0.25, 0.3) is 0 Å². The zero-order valence-corrected chi connectivity index (χ0v) is 16.2. The maximum Gasteiger partial charge on any atom is 0.310 e. The Morgan fingerprint density at radius 1 is 1.19 bits per heavy atom. The van der Waals surface area contributed by atoms with E-state index in [1.54, 1.807) is 25.3 Å². The van der Waals surface area contributed by atoms with Crippen LogP contribution in [0.2, 0.25) is 0 Å². The number of carboxylic acid groups (broad SMARTS) is 1. The molecule has 7 heteroatoms. The van der Waals surface area contributed by atoms with Crippen molar-refractivity contribution in [2.24, 2.45) is 5.41 Å². The number of anilines is 1. The summed E-state index contributed by atoms with van der Waals surface area (Å²) in [6.45, 7) is 5.92. The maximum absolute atomic E-state index is 12.3. The molecule has 1 rings (SSSR count). The van der Waals surface area contributed by atoms with Gasteiger partial charge >= 0.3 is 5.97 Å². The molecule has 1 aromatic carbocycles. The SMILES string of the molecule is CCC(CC)(CNC(C)CC(=O)Nc1cc(OC)ccc1OC)C(=O)O. The molecular weight excluding hydrogens is 336 g/mol. The number of aliphatic carboxylic acids is 1. The third-order valence-electron chi connectivity index (χ3n) is 4.77. The highest BCUT2D eigenvalue weighted by atomic mass is 16.5. The summed E-state index contributed by atoms with van der Waals surface area (Å²) in [6, 6.07) is 5.00. The average molecular weight is 366 g/mol. The standard InChI is InChI=1S/C19H30N2O5/c1-6-19(7-2,18(23)24)12-20-13(3)10-17(22)21-15-11-14(25-4)8-9-16(15)26-5/h8-9,11,13,20H,6-7,10,12H2,1-5H3,(H,21,22)(H,23,24). The predicted octanol–water partition coefficient (Wildman–Crippen LogP) is 2.90. The Hall–Kier alpha value is -2.28. The van der Waals surface area contributed by atoms with Gasteiger partial charge in [0.05, 0.1) is 25.3 Å². The molecule has 0 heterocycles. The molecule has 0 fully saturated rings. The Bertz CT molecular complexity index is 614. The van der Waals surface area contributed by atoms with Crippen LogP contribution in [0, 0.1) is 5.41 Å². The largest absolute Gasteiger partial charge is 0.497 e.